The van der Waals surface area contributed by atoms with Gasteiger partial charge in [-0.05, 0) is 28.9 Å². The number of methoxy groups -OCH3 is 1. The minimum atomic E-state index is -3.64. The Morgan fingerprint density at radius 3 is 2.70 bits per heavy atom. The van der Waals surface area contributed by atoms with Crippen molar-refractivity contribution in [1.29, 1.82) is 0 Å². The third-order valence-electron chi connectivity index (χ3n) is 2.85. The minimum Gasteiger partial charge on any atom is -0.383 e. The molecule has 20 heavy (non-hydrogen) atoms. The number of hydrogen-bond acceptors (Lipinski definition) is 5. The SMILES string of the molecule is CCN(C(C)COC)S(=O)(=O)c1cc(Br)cnc1NC. The smallest absolute Gasteiger partial charge is 0.247 e. The Kier molecular flexibility index (Phi) is 6.38. The number of rotatable bonds is 7. The number of hydrogen-bond donors (Lipinski definition) is 1. The Bertz CT molecular complexity index is 551. The van der Waals surface area contributed by atoms with Crippen molar-refractivity contribution in [2.24, 2.45) is 0 Å². The van der Waals surface area contributed by atoms with Gasteiger partial charge in [-0.15, -0.1) is 0 Å². The van der Waals surface area contributed by atoms with Crippen molar-refractivity contribution in [3.63, 3.8) is 0 Å². The summed E-state index contributed by atoms with van der Waals surface area (Å²) in [4.78, 5) is 4.24. The van der Waals surface area contributed by atoms with Crippen molar-refractivity contribution in [3.05, 3.63) is 16.7 Å². The first-order valence-corrected chi connectivity index (χ1v) is 8.45. The maximum Gasteiger partial charge on any atom is 0.247 e. The van der Waals surface area contributed by atoms with Crippen LogP contribution < -0.4 is 5.32 Å². The van der Waals surface area contributed by atoms with Crippen LogP contribution in [0.5, 0.6) is 0 Å². The largest absolute Gasteiger partial charge is 0.383 e. The number of nitrogens with one attached hydrogen (secondary N) is 1. The first-order chi connectivity index (χ1) is 9.38. The summed E-state index contributed by atoms with van der Waals surface area (Å²) in [6.45, 7) is 4.31. The average Bonchev–Trinajstić information content (AvgIpc) is 2.39. The van der Waals surface area contributed by atoms with E-state index < -0.39 is 10.0 Å². The lowest BCUT2D eigenvalue weighted by atomic mass is 10.4. The Balaban J connectivity index is 3.30. The van der Waals surface area contributed by atoms with Crippen molar-refractivity contribution in [2.45, 2.75) is 24.8 Å². The van der Waals surface area contributed by atoms with Gasteiger partial charge in [0.2, 0.25) is 10.0 Å². The van der Waals surface area contributed by atoms with Crippen LogP contribution in [-0.2, 0) is 14.8 Å². The van der Waals surface area contributed by atoms with Crippen molar-refractivity contribution in [2.75, 3.05) is 32.6 Å². The van der Waals surface area contributed by atoms with E-state index >= 15 is 0 Å². The van der Waals surface area contributed by atoms with Crippen LogP contribution in [0.4, 0.5) is 5.82 Å². The molecule has 0 saturated carbocycles. The Hall–Kier alpha value is -0.700. The summed E-state index contributed by atoms with van der Waals surface area (Å²) in [6, 6.07) is 1.30. The molecule has 1 unspecified atom stereocenters. The number of likely N-dealkylation sites (N-methyl/N-ethyl adjacent to an activating group) is 1. The summed E-state index contributed by atoms with van der Waals surface area (Å²) in [5, 5.41) is 2.81. The zero-order valence-corrected chi connectivity index (χ0v) is 14.5. The van der Waals surface area contributed by atoms with Gasteiger partial charge in [0.05, 0.1) is 6.61 Å². The zero-order valence-electron chi connectivity index (χ0n) is 12.1. The van der Waals surface area contributed by atoms with E-state index in [0.717, 1.165) is 0 Å². The second kappa shape index (κ2) is 7.35. The molecule has 0 aliphatic rings. The monoisotopic (exact) mass is 365 g/mol. The summed E-state index contributed by atoms with van der Waals surface area (Å²) >= 11 is 3.26. The number of aromatic nitrogens is 1. The molecule has 0 bridgehead atoms. The fraction of sp³-hybridized carbons (Fsp3) is 0.583. The molecule has 1 aromatic heterocycles. The lowest BCUT2D eigenvalue weighted by Gasteiger charge is -2.27. The van der Waals surface area contributed by atoms with Crippen LogP contribution in [0.1, 0.15) is 13.8 Å². The van der Waals surface area contributed by atoms with E-state index in [9.17, 15) is 8.42 Å². The van der Waals surface area contributed by atoms with E-state index in [-0.39, 0.29) is 10.9 Å². The molecule has 1 atom stereocenters. The highest BCUT2D eigenvalue weighted by Crippen LogP contribution is 2.26. The van der Waals surface area contributed by atoms with Crippen molar-refractivity contribution in [1.82, 2.24) is 9.29 Å². The second-order valence-corrected chi connectivity index (χ2v) is 7.04. The normalized spacial score (nSPS) is 13.5. The first-order valence-electron chi connectivity index (χ1n) is 6.22. The van der Waals surface area contributed by atoms with Gasteiger partial charge in [-0.3, -0.25) is 0 Å². The standard InChI is InChI=1S/C12H20BrN3O3S/c1-5-16(9(2)8-19-4)20(17,18)11-6-10(13)7-15-12(11)14-3/h6-7,9H,5,8H2,1-4H3,(H,14,15). The molecular formula is C12H20BrN3O3S. The topological polar surface area (TPSA) is 71.5 Å². The highest BCUT2D eigenvalue weighted by molar-refractivity contribution is 9.10. The molecule has 0 fully saturated rings. The third-order valence-corrected chi connectivity index (χ3v) is 5.39. The summed E-state index contributed by atoms with van der Waals surface area (Å²) in [7, 11) is -0.444. The molecule has 0 radical (unpaired) electrons. The fourth-order valence-corrected chi connectivity index (χ4v) is 4.26. The molecule has 0 aliphatic heterocycles. The quantitative estimate of drug-likeness (QED) is 0.799. The molecule has 0 amide bonds. The number of halogens is 1. The van der Waals surface area contributed by atoms with Crippen LogP contribution in [0, 0.1) is 0 Å². The van der Waals surface area contributed by atoms with E-state index in [1.54, 1.807) is 33.3 Å². The van der Waals surface area contributed by atoms with E-state index in [0.29, 0.717) is 23.4 Å². The van der Waals surface area contributed by atoms with Gasteiger partial charge in [0.1, 0.15) is 10.7 Å². The van der Waals surface area contributed by atoms with Gasteiger partial charge in [0, 0.05) is 37.4 Å². The van der Waals surface area contributed by atoms with Gasteiger partial charge in [-0.25, -0.2) is 13.4 Å². The molecule has 1 N–H and O–H groups in total. The fourth-order valence-electron chi connectivity index (χ4n) is 1.97. The van der Waals surface area contributed by atoms with Crippen LogP contribution in [0.3, 0.4) is 0 Å². The van der Waals surface area contributed by atoms with Crippen LogP contribution in [-0.4, -0.2) is 51.1 Å². The third kappa shape index (κ3) is 3.69. The molecule has 1 heterocycles. The summed E-state index contributed by atoms with van der Waals surface area (Å²) < 4.78 is 32.6. The molecule has 0 aromatic carbocycles. The van der Waals surface area contributed by atoms with Gasteiger partial charge >= 0.3 is 0 Å². The van der Waals surface area contributed by atoms with Crippen molar-refractivity contribution >= 4 is 31.8 Å². The number of pyridine rings is 1. The van der Waals surface area contributed by atoms with Gasteiger partial charge in [-0.2, -0.15) is 4.31 Å². The molecule has 114 valence electrons. The van der Waals surface area contributed by atoms with Crippen LogP contribution in [0.2, 0.25) is 0 Å². The molecule has 1 aromatic rings. The lowest BCUT2D eigenvalue weighted by molar-refractivity contribution is 0.142. The maximum absolute atomic E-state index is 12.8. The minimum absolute atomic E-state index is 0.152. The van der Waals surface area contributed by atoms with E-state index in [4.69, 9.17) is 4.74 Å². The number of sulfonamides is 1. The van der Waals surface area contributed by atoms with Crippen LogP contribution in [0.15, 0.2) is 21.6 Å². The first kappa shape index (κ1) is 17.4. The number of nitrogens with zero attached hydrogens (tertiary/aromatic N) is 2. The van der Waals surface area contributed by atoms with E-state index in [1.807, 2.05) is 6.92 Å². The van der Waals surface area contributed by atoms with Crippen LogP contribution >= 0.6 is 15.9 Å². The Morgan fingerprint density at radius 2 is 2.20 bits per heavy atom. The van der Waals surface area contributed by atoms with Gasteiger partial charge in [0.15, 0.2) is 0 Å². The van der Waals surface area contributed by atoms with Crippen molar-refractivity contribution in [3.8, 4) is 0 Å². The summed E-state index contributed by atoms with van der Waals surface area (Å²) in [6.07, 6.45) is 1.56. The van der Waals surface area contributed by atoms with Crippen LogP contribution in [0.25, 0.3) is 0 Å². The van der Waals surface area contributed by atoms with Gasteiger partial charge in [-0.1, -0.05) is 6.92 Å². The lowest BCUT2D eigenvalue weighted by Crippen LogP contribution is -2.41. The number of ether oxygens (including phenoxy) is 1. The summed E-state index contributed by atoms with van der Waals surface area (Å²) in [5.74, 6) is 0.330. The molecule has 0 aliphatic carbocycles. The van der Waals surface area contributed by atoms with E-state index in [1.165, 1.54) is 4.31 Å². The predicted molar refractivity (Wildman–Crippen MR) is 82.4 cm³/mol. The van der Waals surface area contributed by atoms with Gasteiger partial charge in [0.25, 0.3) is 0 Å². The molecular weight excluding hydrogens is 346 g/mol. The summed E-state index contributed by atoms with van der Waals surface area (Å²) in [5.41, 5.74) is 0. The second-order valence-electron chi connectivity index (χ2n) is 4.26. The Morgan fingerprint density at radius 1 is 1.55 bits per heavy atom. The molecule has 0 spiro atoms. The maximum atomic E-state index is 12.8. The Labute approximate surface area is 128 Å². The molecule has 6 nitrogen and oxygen atoms in total. The molecule has 8 heteroatoms. The average molecular weight is 366 g/mol. The predicted octanol–water partition coefficient (Wildman–Crippen LogP) is 1.93. The highest BCUT2D eigenvalue weighted by Gasteiger charge is 2.30. The molecule has 1 rings (SSSR count). The van der Waals surface area contributed by atoms with Gasteiger partial charge < -0.3 is 10.1 Å². The van der Waals surface area contributed by atoms with Crippen molar-refractivity contribution < 1.29 is 13.2 Å². The molecule has 0 saturated heterocycles. The zero-order chi connectivity index (χ0) is 15.3. The van der Waals surface area contributed by atoms with E-state index in [2.05, 4.69) is 26.2 Å². The highest BCUT2D eigenvalue weighted by atomic mass is 79.9. The number of anilines is 1.